The van der Waals surface area contributed by atoms with Crippen LogP contribution in [0.5, 0.6) is 0 Å². The Balaban J connectivity index is 3.07. The van der Waals surface area contributed by atoms with Crippen molar-refractivity contribution in [1.29, 1.82) is 0 Å². The van der Waals surface area contributed by atoms with Crippen molar-refractivity contribution in [3.8, 4) is 0 Å². The molecule has 4 nitrogen and oxygen atoms in total. The Hall–Kier alpha value is -0.590. The molecule has 0 aliphatic carbocycles. The van der Waals surface area contributed by atoms with Crippen molar-refractivity contribution >= 4 is 28.6 Å². The lowest BCUT2D eigenvalue weighted by molar-refractivity contribution is 0.0512. The van der Waals surface area contributed by atoms with Gasteiger partial charge in [0.2, 0.25) is 0 Å². The van der Waals surface area contributed by atoms with E-state index in [-0.39, 0.29) is 5.97 Å². The summed E-state index contributed by atoms with van der Waals surface area (Å²) in [5.74, 6) is -0.299. The van der Waals surface area contributed by atoms with E-state index in [1.54, 1.807) is 18.7 Å². The first-order valence-electron chi connectivity index (χ1n) is 4.50. The number of esters is 1. The van der Waals surface area contributed by atoms with E-state index < -0.39 is 0 Å². The molecule has 0 amide bonds. The van der Waals surface area contributed by atoms with Gasteiger partial charge in [0, 0.05) is 7.05 Å². The Morgan fingerprint density at radius 1 is 1.57 bits per heavy atom. The van der Waals surface area contributed by atoms with Crippen molar-refractivity contribution in [2.75, 3.05) is 6.61 Å². The Morgan fingerprint density at radius 2 is 2.21 bits per heavy atom. The van der Waals surface area contributed by atoms with Crippen molar-refractivity contribution in [3.05, 3.63) is 15.0 Å². The van der Waals surface area contributed by atoms with Gasteiger partial charge in [0.05, 0.1) is 15.9 Å². The summed E-state index contributed by atoms with van der Waals surface area (Å²) in [5, 5.41) is 4.24. The predicted octanol–water partition coefficient (Wildman–Crippen LogP) is 1.76. The smallest absolute Gasteiger partial charge is 0.357 e. The van der Waals surface area contributed by atoms with Crippen LogP contribution in [0.3, 0.4) is 0 Å². The van der Waals surface area contributed by atoms with Crippen LogP contribution in [0.2, 0.25) is 0 Å². The SMILES string of the molecule is CCOC(=O)c1c(I)c(CC)nn1C. The minimum absolute atomic E-state index is 0.299. The molecule has 0 fully saturated rings. The number of carbonyl (C=O) groups excluding carboxylic acids is 1. The molecule has 0 saturated heterocycles. The lowest BCUT2D eigenvalue weighted by Crippen LogP contribution is -2.11. The topological polar surface area (TPSA) is 44.1 Å². The van der Waals surface area contributed by atoms with Crippen molar-refractivity contribution in [3.63, 3.8) is 0 Å². The average molecular weight is 308 g/mol. The minimum atomic E-state index is -0.299. The van der Waals surface area contributed by atoms with Gasteiger partial charge >= 0.3 is 5.97 Å². The highest BCUT2D eigenvalue weighted by Crippen LogP contribution is 2.17. The van der Waals surface area contributed by atoms with Crippen LogP contribution < -0.4 is 0 Å². The molecule has 14 heavy (non-hydrogen) atoms. The molecule has 1 heterocycles. The van der Waals surface area contributed by atoms with E-state index in [9.17, 15) is 4.79 Å². The summed E-state index contributed by atoms with van der Waals surface area (Å²) >= 11 is 2.13. The van der Waals surface area contributed by atoms with E-state index in [4.69, 9.17) is 4.74 Å². The summed E-state index contributed by atoms with van der Waals surface area (Å²) in [5.41, 5.74) is 1.49. The maximum Gasteiger partial charge on any atom is 0.357 e. The number of hydrogen-bond donors (Lipinski definition) is 0. The molecule has 0 aliphatic heterocycles. The highest BCUT2D eigenvalue weighted by atomic mass is 127. The first-order chi connectivity index (χ1) is 6.61. The van der Waals surface area contributed by atoms with Gasteiger partial charge in [-0.3, -0.25) is 4.68 Å². The summed E-state index contributed by atoms with van der Waals surface area (Å²) in [4.78, 5) is 11.5. The molecular weight excluding hydrogens is 295 g/mol. The molecule has 0 atom stereocenters. The van der Waals surface area contributed by atoms with Crippen LogP contribution in [0, 0.1) is 3.57 Å². The van der Waals surface area contributed by atoms with Gasteiger partial charge in [-0.2, -0.15) is 5.10 Å². The maximum atomic E-state index is 11.5. The van der Waals surface area contributed by atoms with Crippen molar-refractivity contribution < 1.29 is 9.53 Å². The Bertz CT molecular complexity index is 347. The standard InChI is InChI=1S/C9H13IN2O2/c1-4-6-7(10)8(12(3)11-6)9(13)14-5-2/h4-5H2,1-3H3. The lowest BCUT2D eigenvalue weighted by Gasteiger charge is -2.01. The molecule has 5 heteroatoms. The van der Waals surface area contributed by atoms with Crippen LogP contribution in [0.1, 0.15) is 30.0 Å². The fourth-order valence-corrected chi connectivity index (χ4v) is 2.26. The first-order valence-corrected chi connectivity index (χ1v) is 5.58. The van der Waals surface area contributed by atoms with E-state index in [1.165, 1.54) is 0 Å². The molecule has 1 aromatic rings. The zero-order valence-corrected chi connectivity index (χ0v) is 10.7. The number of aryl methyl sites for hydroxylation is 2. The lowest BCUT2D eigenvalue weighted by atomic mass is 10.3. The summed E-state index contributed by atoms with van der Waals surface area (Å²) in [6.07, 6.45) is 0.825. The van der Waals surface area contributed by atoms with Gasteiger partial charge in [-0.1, -0.05) is 6.92 Å². The number of hydrogen-bond acceptors (Lipinski definition) is 3. The monoisotopic (exact) mass is 308 g/mol. The van der Waals surface area contributed by atoms with E-state index in [1.807, 2.05) is 6.92 Å². The summed E-state index contributed by atoms with van der Waals surface area (Å²) in [6, 6.07) is 0. The number of carbonyl (C=O) groups is 1. The zero-order chi connectivity index (χ0) is 10.7. The zero-order valence-electron chi connectivity index (χ0n) is 8.50. The predicted molar refractivity (Wildman–Crippen MR) is 61.3 cm³/mol. The number of ether oxygens (including phenoxy) is 1. The van der Waals surface area contributed by atoms with E-state index in [0.29, 0.717) is 12.3 Å². The minimum Gasteiger partial charge on any atom is -0.461 e. The molecule has 0 aromatic carbocycles. The highest BCUT2D eigenvalue weighted by molar-refractivity contribution is 14.1. The van der Waals surface area contributed by atoms with Gasteiger partial charge in [-0.25, -0.2) is 4.79 Å². The average Bonchev–Trinajstić information content (AvgIpc) is 2.41. The number of nitrogens with zero attached hydrogens (tertiary/aromatic N) is 2. The van der Waals surface area contributed by atoms with Crippen molar-refractivity contribution in [2.45, 2.75) is 20.3 Å². The highest BCUT2D eigenvalue weighted by Gasteiger charge is 2.19. The quantitative estimate of drug-likeness (QED) is 0.631. The van der Waals surface area contributed by atoms with Crippen LogP contribution in [-0.4, -0.2) is 22.4 Å². The molecule has 0 unspecified atom stereocenters. The van der Waals surface area contributed by atoms with Gasteiger partial charge < -0.3 is 4.74 Å². The van der Waals surface area contributed by atoms with E-state index in [2.05, 4.69) is 27.7 Å². The third kappa shape index (κ3) is 2.08. The molecule has 1 aromatic heterocycles. The third-order valence-electron chi connectivity index (χ3n) is 1.86. The Morgan fingerprint density at radius 3 is 2.64 bits per heavy atom. The molecule has 78 valence electrons. The maximum absolute atomic E-state index is 11.5. The van der Waals surface area contributed by atoms with Crippen LogP contribution in [0.15, 0.2) is 0 Å². The van der Waals surface area contributed by atoms with Gasteiger partial charge in [0.15, 0.2) is 5.69 Å². The number of halogens is 1. The van der Waals surface area contributed by atoms with E-state index in [0.717, 1.165) is 15.7 Å². The van der Waals surface area contributed by atoms with Crippen LogP contribution in [-0.2, 0) is 18.2 Å². The molecule has 0 bridgehead atoms. The first kappa shape index (κ1) is 11.5. The van der Waals surface area contributed by atoms with Gasteiger partial charge in [-0.15, -0.1) is 0 Å². The van der Waals surface area contributed by atoms with Gasteiger partial charge in [0.1, 0.15) is 0 Å². The summed E-state index contributed by atoms with van der Waals surface area (Å²) < 4.78 is 7.42. The summed E-state index contributed by atoms with van der Waals surface area (Å²) in [7, 11) is 1.76. The second-order valence-corrected chi connectivity index (χ2v) is 3.89. The van der Waals surface area contributed by atoms with Crippen LogP contribution in [0.4, 0.5) is 0 Å². The summed E-state index contributed by atoms with van der Waals surface area (Å²) in [6.45, 7) is 4.20. The molecule has 0 N–H and O–H groups in total. The molecule has 0 saturated carbocycles. The van der Waals surface area contributed by atoms with Crippen molar-refractivity contribution in [1.82, 2.24) is 9.78 Å². The normalized spacial score (nSPS) is 10.3. The van der Waals surface area contributed by atoms with E-state index >= 15 is 0 Å². The fourth-order valence-electron chi connectivity index (χ4n) is 1.20. The Kier molecular flexibility index (Phi) is 3.91. The van der Waals surface area contributed by atoms with Gasteiger partial charge in [0.25, 0.3) is 0 Å². The molecule has 0 aliphatic rings. The van der Waals surface area contributed by atoms with Crippen LogP contribution >= 0.6 is 22.6 Å². The number of rotatable bonds is 3. The van der Waals surface area contributed by atoms with Crippen molar-refractivity contribution in [2.24, 2.45) is 7.05 Å². The second kappa shape index (κ2) is 4.77. The Labute approximate surface area is 96.8 Å². The second-order valence-electron chi connectivity index (χ2n) is 2.81. The molecular formula is C9H13IN2O2. The molecule has 0 spiro atoms. The molecule has 1 rings (SSSR count). The fraction of sp³-hybridized carbons (Fsp3) is 0.556. The largest absolute Gasteiger partial charge is 0.461 e. The third-order valence-corrected chi connectivity index (χ3v) is 2.99. The van der Waals surface area contributed by atoms with Gasteiger partial charge in [-0.05, 0) is 35.9 Å². The molecule has 0 radical (unpaired) electrons. The number of aromatic nitrogens is 2. The van der Waals surface area contributed by atoms with Crippen LogP contribution in [0.25, 0.3) is 0 Å².